The molecule has 3 unspecified atom stereocenters. The van der Waals surface area contributed by atoms with E-state index in [0.717, 1.165) is 32.2 Å². The fourth-order valence-electron chi connectivity index (χ4n) is 3.11. The third kappa shape index (κ3) is 4.48. The summed E-state index contributed by atoms with van der Waals surface area (Å²) in [5.74, 6) is 0.815. The molecule has 3 nitrogen and oxygen atoms in total. The Labute approximate surface area is 118 Å². The lowest BCUT2D eigenvalue weighted by atomic mass is 9.76. The molecule has 0 saturated heterocycles. The van der Waals surface area contributed by atoms with Gasteiger partial charge in [-0.2, -0.15) is 0 Å². The lowest BCUT2D eigenvalue weighted by Gasteiger charge is -2.38. The maximum Gasteiger partial charge on any atom is 0.226 e. The maximum atomic E-state index is 12.8. The van der Waals surface area contributed by atoms with E-state index in [0.29, 0.717) is 17.9 Å². The number of carbonyl (C=O) groups excluding carboxylic acids is 1. The second-order valence-electron chi connectivity index (χ2n) is 6.39. The molecule has 0 aromatic carbocycles. The first kappa shape index (κ1) is 16.5. The van der Waals surface area contributed by atoms with E-state index in [9.17, 15) is 4.79 Å². The van der Waals surface area contributed by atoms with E-state index in [4.69, 9.17) is 5.73 Å². The van der Waals surface area contributed by atoms with Crippen molar-refractivity contribution in [3.63, 3.8) is 0 Å². The van der Waals surface area contributed by atoms with Crippen molar-refractivity contribution >= 4 is 5.91 Å². The van der Waals surface area contributed by atoms with Gasteiger partial charge in [0.05, 0.1) is 0 Å². The lowest BCUT2D eigenvalue weighted by Crippen LogP contribution is -2.48. The van der Waals surface area contributed by atoms with Crippen LogP contribution in [0.1, 0.15) is 66.2 Å². The summed E-state index contributed by atoms with van der Waals surface area (Å²) in [5.41, 5.74) is 6.13. The summed E-state index contributed by atoms with van der Waals surface area (Å²) in [4.78, 5) is 14.8. The van der Waals surface area contributed by atoms with E-state index < -0.39 is 0 Å². The molecular weight excluding hydrogens is 236 g/mol. The van der Waals surface area contributed by atoms with Gasteiger partial charge in [0.15, 0.2) is 0 Å². The summed E-state index contributed by atoms with van der Waals surface area (Å²) >= 11 is 0. The molecule has 0 radical (unpaired) electrons. The number of hydrogen-bond donors (Lipinski definition) is 1. The zero-order chi connectivity index (χ0) is 14.4. The fraction of sp³-hybridized carbons (Fsp3) is 0.938. The molecule has 0 aliphatic heterocycles. The molecule has 1 saturated carbocycles. The van der Waals surface area contributed by atoms with Crippen molar-refractivity contribution in [3.8, 4) is 0 Å². The molecule has 1 aliphatic rings. The van der Waals surface area contributed by atoms with Gasteiger partial charge in [0.1, 0.15) is 0 Å². The first-order valence-corrected chi connectivity index (χ1v) is 8.05. The number of unbranched alkanes of at least 4 members (excludes halogenated alkanes) is 2. The molecule has 2 N–H and O–H groups in total. The molecule has 112 valence electrons. The number of hydrogen-bond acceptors (Lipinski definition) is 2. The zero-order valence-electron chi connectivity index (χ0n) is 13.2. The molecule has 0 bridgehead atoms. The topological polar surface area (TPSA) is 46.3 Å². The van der Waals surface area contributed by atoms with E-state index in [1.807, 2.05) is 0 Å². The third-order valence-corrected chi connectivity index (χ3v) is 4.59. The van der Waals surface area contributed by atoms with Crippen LogP contribution in [0.2, 0.25) is 0 Å². The standard InChI is InChI=1S/C16H32N2O/c1-5-6-7-11-18(12(2)3)16(19)14-9-8-10-15(17)13(14)4/h12-15H,5-11,17H2,1-4H3. The highest BCUT2D eigenvalue weighted by molar-refractivity contribution is 5.79. The summed E-state index contributed by atoms with van der Waals surface area (Å²) in [6.45, 7) is 9.50. The van der Waals surface area contributed by atoms with Gasteiger partial charge in [0.2, 0.25) is 5.91 Å². The zero-order valence-corrected chi connectivity index (χ0v) is 13.2. The van der Waals surface area contributed by atoms with Crippen molar-refractivity contribution in [3.05, 3.63) is 0 Å². The van der Waals surface area contributed by atoms with Crippen LogP contribution in [0.15, 0.2) is 0 Å². The minimum absolute atomic E-state index is 0.146. The SMILES string of the molecule is CCCCCN(C(=O)C1CCCC(N)C1C)C(C)C. The van der Waals surface area contributed by atoms with Crippen molar-refractivity contribution in [1.82, 2.24) is 4.90 Å². The van der Waals surface area contributed by atoms with Crippen molar-refractivity contribution in [2.45, 2.75) is 78.3 Å². The molecular formula is C16H32N2O. The quantitative estimate of drug-likeness (QED) is 0.752. The highest BCUT2D eigenvalue weighted by atomic mass is 16.2. The van der Waals surface area contributed by atoms with Gasteiger partial charge in [0, 0.05) is 24.5 Å². The Hall–Kier alpha value is -0.570. The smallest absolute Gasteiger partial charge is 0.226 e. The Balaban J connectivity index is 2.64. The molecule has 0 heterocycles. The number of carbonyl (C=O) groups is 1. The van der Waals surface area contributed by atoms with Crippen LogP contribution in [0.25, 0.3) is 0 Å². The Morgan fingerprint density at radius 1 is 1.32 bits per heavy atom. The van der Waals surface area contributed by atoms with Crippen LogP contribution >= 0.6 is 0 Å². The minimum atomic E-state index is 0.146. The van der Waals surface area contributed by atoms with Crippen molar-refractivity contribution < 1.29 is 4.79 Å². The molecule has 0 aromatic rings. The van der Waals surface area contributed by atoms with Crippen molar-refractivity contribution in [2.75, 3.05) is 6.54 Å². The Morgan fingerprint density at radius 2 is 2.00 bits per heavy atom. The maximum absolute atomic E-state index is 12.8. The molecule has 19 heavy (non-hydrogen) atoms. The molecule has 1 rings (SSSR count). The monoisotopic (exact) mass is 268 g/mol. The molecule has 3 heteroatoms. The number of rotatable bonds is 6. The summed E-state index contributed by atoms with van der Waals surface area (Å²) < 4.78 is 0. The van der Waals surface area contributed by atoms with E-state index in [1.165, 1.54) is 12.8 Å². The Bertz CT molecular complexity index is 278. The largest absolute Gasteiger partial charge is 0.340 e. The number of nitrogens with zero attached hydrogens (tertiary/aromatic N) is 1. The van der Waals surface area contributed by atoms with Gasteiger partial charge in [-0.25, -0.2) is 0 Å². The van der Waals surface area contributed by atoms with E-state index in [-0.39, 0.29) is 12.0 Å². The molecule has 3 atom stereocenters. The molecule has 1 fully saturated rings. The second kappa shape index (κ2) is 7.88. The van der Waals surface area contributed by atoms with Gasteiger partial charge in [-0.05, 0) is 39.0 Å². The summed E-state index contributed by atoms with van der Waals surface area (Å²) in [6.07, 6.45) is 6.71. The highest BCUT2D eigenvalue weighted by Gasteiger charge is 2.35. The third-order valence-electron chi connectivity index (χ3n) is 4.59. The first-order valence-electron chi connectivity index (χ1n) is 8.05. The molecule has 1 aliphatic carbocycles. The second-order valence-corrected chi connectivity index (χ2v) is 6.39. The number of nitrogens with two attached hydrogens (primary N) is 1. The average molecular weight is 268 g/mol. The Kier molecular flexibility index (Phi) is 6.84. The van der Waals surface area contributed by atoms with Crippen LogP contribution in [0.5, 0.6) is 0 Å². The fourth-order valence-corrected chi connectivity index (χ4v) is 3.11. The van der Waals surface area contributed by atoms with Gasteiger partial charge < -0.3 is 10.6 Å². The Morgan fingerprint density at radius 3 is 2.58 bits per heavy atom. The van der Waals surface area contributed by atoms with E-state index in [2.05, 4.69) is 32.6 Å². The molecule has 1 amide bonds. The van der Waals surface area contributed by atoms with Crippen LogP contribution in [0, 0.1) is 11.8 Å². The normalized spacial score (nSPS) is 27.6. The highest BCUT2D eigenvalue weighted by Crippen LogP contribution is 2.31. The molecule has 0 aromatic heterocycles. The van der Waals surface area contributed by atoms with Crippen LogP contribution in [-0.2, 0) is 4.79 Å². The summed E-state index contributed by atoms with van der Waals surface area (Å²) in [5, 5.41) is 0. The average Bonchev–Trinajstić information content (AvgIpc) is 2.37. The van der Waals surface area contributed by atoms with E-state index >= 15 is 0 Å². The minimum Gasteiger partial charge on any atom is -0.340 e. The summed E-state index contributed by atoms with van der Waals surface area (Å²) in [7, 11) is 0. The van der Waals surface area contributed by atoms with Crippen LogP contribution in [0.4, 0.5) is 0 Å². The van der Waals surface area contributed by atoms with Crippen LogP contribution in [0.3, 0.4) is 0 Å². The van der Waals surface area contributed by atoms with Crippen LogP contribution in [-0.4, -0.2) is 29.4 Å². The van der Waals surface area contributed by atoms with Gasteiger partial charge in [-0.1, -0.05) is 33.1 Å². The lowest BCUT2D eigenvalue weighted by molar-refractivity contribution is -0.140. The van der Waals surface area contributed by atoms with Crippen LogP contribution < -0.4 is 5.73 Å². The van der Waals surface area contributed by atoms with Gasteiger partial charge >= 0.3 is 0 Å². The van der Waals surface area contributed by atoms with Crippen molar-refractivity contribution in [1.29, 1.82) is 0 Å². The number of amides is 1. The van der Waals surface area contributed by atoms with Gasteiger partial charge in [-0.15, -0.1) is 0 Å². The predicted octanol–water partition coefficient (Wildman–Crippen LogP) is 3.18. The van der Waals surface area contributed by atoms with Gasteiger partial charge in [0.25, 0.3) is 0 Å². The first-order chi connectivity index (χ1) is 8.99. The van der Waals surface area contributed by atoms with Gasteiger partial charge in [-0.3, -0.25) is 4.79 Å². The summed E-state index contributed by atoms with van der Waals surface area (Å²) in [6, 6.07) is 0.502. The molecule has 0 spiro atoms. The van der Waals surface area contributed by atoms with E-state index in [1.54, 1.807) is 0 Å². The van der Waals surface area contributed by atoms with Crippen molar-refractivity contribution in [2.24, 2.45) is 17.6 Å². The predicted molar refractivity (Wildman–Crippen MR) is 80.9 cm³/mol.